The molecule has 0 radical (unpaired) electrons. The van der Waals surface area contributed by atoms with E-state index in [9.17, 15) is 4.79 Å². The normalized spacial score (nSPS) is 11.8. The molecule has 1 unspecified atom stereocenters. The number of aryl methyl sites for hydroxylation is 1. The zero-order valence-electron chi connectivity index (χ0n) is 13.7. The van der Waals surface area contributed by atoms with Crippen LogP contribution in [0, 0.1) is 6.92 Å². The zero-order valence-corrected chi connectivity index (χ0v) is 15.3. The van der Waals surface area contributed by atoms with Crippen LogP contribution in [0.1, 0.15) is 22.0 Å². The van der Waals surface area contributed by atoms with E-state index in [0.29, 0.717) is 10.8 Å². The Morgan fingerprint density at radius 1 is 1.12 bits per heavy atom. The van der Waals surface area contributed by atoms with Gasteiger partial charge in [0.2, 0.25) is 0 Å². The van der Waals surface area contributed by atoms with E-state index in [-0.39, 0.29) is 18.6 Å². The molecule has 25 heavy (non-hydrogen) atoms. The molecule has 5 heteroatoms. The summed E-state index contributed by atoms with van der Waals surface area (Å²) in [5, 5.41) is 5.54. The Labute approximate surface area is 156 Å². The molecule has 128 valence electrons. The summed E-state index contributed by atoms with van der Waals surface area (Å²) in [6.07, 6.45) is 0. The molecule has 3 nitrogen and oxygen atoms in total. The SMILES string of the molecule is Cc1ccc(C(NC(=O)COc2ccccc2Cl)c2cccs2)cc1. The predicted molar refractivity (Wildman–Crippen MR) is 102 cm³/mol. The summed E-state index contributed by atoms with van der Waals surface area (Å²) in [4.78, 5) is 13.5. The Hall–Kier alpha value is -2.30. The number of halogens is 1. The number of ether oxygens (including phenoxy) is 1. The van der Waals surface area contributed by atoms with E-state index in [0.717, 1.165) is 10.4 Å². The van der Waals surface area contributed by atoms with Crippen molar-refractivity contribution in [1.29, 1.82) is 0 Å². The van der Waals surface area contributed by atoms with Gasteiger partial charge in [-0.1, -0.05) is 59.6 Å². The standard InChI is InChI=1S/C20H18ClNO2S/c1-14-8-10-15(11-9-14)20(18-7-4-12-25-18)22-19(23)13-24-17-6-3-2-5-16(17)21/h2-12,20H,13H2,1H3,(H,22,23). The van der Waals surface area contributed by atoms with Gasteiger partial charge in [0.15, 0.2) is 6.61 Å². The van der Waals surface area contributed by atoms with Crippen molar-refractivity contribution in [1.82, 2.24) is 5.32 Å². The highest BCUT2D eigenvalue weighted by Crippen LogP contribution is 2.27. The Balaban J connectivity index is 1.71. The van der Waals surface area contributed by atoms with Crippen molar-refractivity contribution in [2.75, 3.05) is 6.61 Å². The highest BCUT2D eigenvalue weighted by Gasteiger charge is 2.18. The number of para-hydroxylation sites is 1. The largest absolute Gasteiger partial charge is 0.482 e. The number of hydrogen-bond donors (Lipinski definition) is 1. The Kier molecular flexibility index (Phi) is 5.74. The first-order chi connectivity index (χ1) is 12.1. The number of hydrogen-bond acceptors (Lipinski definition) is 3. The van der Waals surface area contributed by atoms with Crippen LogP contribution in [0.25, 0.3) is 0 Å². The number of carbonyl (C=O) groups is 1. The molecule has 0 aliphatic carbocycles. The fraction of sp³-hybridized carbons (Fsp3) is 0.150. The van der Waals surface area contributed by atoms with Gasteiger partial charge in [-0.15, -0.1) is 11.3 Å². The highest BCUT2D eigenvalue weighted by molar-refractivity contribution is 7.10. The maximum atomic E-state index is 12.4. The van der Waals surface area contributed by atoms with Crippen LogP contribution in [-0.4, -0.2) is 12.5 Å². The second-order valence-corrected chi connectivity index (χ2v) is 7.03. The number of amides is 1. The summed E-state index contributed by atoms with van der Waals surface area (Å²) < 4.78 is 5.53. The maximum Gasteiger partial charge on any atom is 0.258 e. The predicted octanol–water partition coefficient (Wildman–Crippen LogP) is 4.99. The van der Waals surface area contributed by atoms with E-state index in [4.69, 9.17) is 16.3 Å². The van der Waals surface area contributed by atoms with Crippen molar-refractivity contribution in [3.8, 4) is 5.75 Å². The third kappa shape index (κ3) is 4.62. The molecule has 1 heterocycles. The number of thiophene rings is 1. The van der Waals surface area contributed by atoms with Crippen LogP contribution in [-0.2, 0) is 4.79 Å². The second kappa shape index (κ2) is 8.19. The van der Waals surface area contributed by atoms with E-state index < -0.39 is 0 Å². The Morgan fingerprint density at radius 3 is 2.56 bits per heavy atom. The number of nitrogens with one attached hydrogen (secondary N) is 1. The first kappa shape index (κ1) is 17.5. The Bertz CT molecular complexity index is 831. The lowest BCUT2D eigenvalue weighted by molar-refractivity contribution is -0.123. The molecule has 0 fully saturated rings. The first-order valence-corrected chi connectivity index (χ1v) is 9.16. The number of carbonyl (C=O) groups excluding carboxylic acids is 1. The summed E-state index contributed by atoms with van der Waals surface area (Å²) in [7, 11) is 0. The average Bonchev–Trinajstić information content (AvgIpc) is 3.14. The summed E-state index contributed by atoms with van der Waals surface area (Å²) in [5.41, 5.74) is 2.22. The molecule has 0 saturated heterocycles. The molecule has 3 aromatic rings. The minimum Gasteiger partial charge on any atom is -0.482 e. The van der Waals surface area contributed by atoms with Crippen molar-refractivity contribution in [2.45, 2.75) is 13.0 Å². The van der Waals surface area contributed by atoms with Gasteiger partial charge in [0.25, 0.3) is 5.91 Å². The van der Waals surface area contributed by atoms with Crippen molar-refractivity contribution in [3.05, 3.63) is 87.1 Å². The van der Waals surface area contributed by atoms with Crippen LogP contribution < -0.4 is 10.1 Å². The molecule has 0 aliphatic heterocycles. The van der Waals surface area contributed by atoms with Gasteiger partial charge in [-0.05, 0) is 36.1 Å². The lowest BCUT2D eigenvalue weighted by atomic mass is 10.0. The maximum absolute atomic E-state index is 12.4. The molecule has 1 amide bonds. The smallest absolute Gasteiger partial charge is 0.258 e. The van der Waals surface area contributed by atoms with Crippen LogP contribution in [0.4, 0.5) is 0 Å². The number of rotatable bonds is 6. The minimum absolute atomic E-state index is 0.0858. The van der Waals surface area contributed by atoms with Gasteiger partial charge in [0, 0.05) is 4.88 Å². The lowest BCUT2D eigenvalue weighted by Crippen LogP contribution is -2.32. The molecular formula is C20H18ClNO2S. The molecule has 0 spiro atoms. The van der Waals surface area contributed by atoms with Crippen LogP contribution in [0.2, 0.25) is 5.02 Å². The second-order valence-electron chi connectivity index (χ2n) is 5.65. The molecule has 0 saturated carbocycles. The van der Waals surface area contributed by atoms with Gasteiger partial charge in [0.05, 0.1) is 11.1 Å². The lowest BCUT2D eigenvalue weighted by Gasteiger charge is -2.18. The molecule has 0 aliphatic rings. The van der Waals surface area contributed by atoms with Gasteiger partial charge in [-0.25, -0.2) is 0 Å². The summed E-state index contributed by atoms with van der Waals surface area (Å²) in [5.74, 6) is 0.307. The van der Waals surface area contributed by atoms with Crippen LogP contribution in [0.15, 0.2) is 66.0 Å². The van der Waals surface area contributed by atoms with Gasteiger partial charge in [-0.3, -0.25) is 4.79 Å². The molecule has 1 N–H and O–H groups in total. The quantitative estimate of drug-likeness (QED) is 0.662. The van der Waals surface area contributed by atoms with E-state index in [1.54, 1.807) is 23.5 Å². The monoisotopic (exact) mass is 371 g/mol. The third-order valence-corrected chi connectivity index (χ3v) is 4.99. The molecule has 2 aromatic carbocycles. The van der Waals surface area contributed by atoms with Gasteiger partial charge in [0.1, 0.15) is 5.75 Å². The molecule has 3 rings (SSSR count). The van der Waals surface area contributed by atoms with E-state index in [1.807, 2.05) is 60.8 Å². The van der Waals surface area contributed by atoms with Crippen molar-refractivity contribution >= 4 is 28.8 Å². The summed E-state index contributed by atoms with van der Waals surface area (Å²) >= 11 is 7.66. The van der Waals surface area contributed by atoms with E-state index in [1.165, 1.54) is 5.56 Å². The van der Waals surface area contributed by atoms with Gasteiger partial charge < -0.3 is 10.1 Å². The van der Waals surface area contributed by atoms with Crippen LogP contribution in [0.3, 0.4) is 0 Å². The fourth-order valence-corrected chi connectivity index (χ4v) is 3.43. The first-order valence-electron chi connectivity index (χ1n) is 7.90. The summed E-state index contributed by atoms with van der Waals surface area (Å²) in [6.45, 7) is 1.96. The van der Waals surface area contributed by atoms with Crippen molar-refractivity contribution < 1.29 is 9.53 Å². The van der Waals surface area contributed by atoms with E-state index in [2.05, 4.69) is 5.32 Å². The van der Waals surface area contributed by atoms with E-state index >= 15 is 0 Å². The van der Waals surface area contributed by atoms with Crippen LogP contribution >= 0.6 is 22.9 Å². The molecule has 0 bridgehead atoms. The minimum atomic E-state index is -0.195. The van der Waals surface area contributed by atoms with Crippen LogP contribution in [0.5, 0.6) is 5.75 Å². The van der Waals surface area contributed by atoms with Gasteiger partial charge in [-0.2, -0.15) is 0 Å². The zero-order chi connectivity index (χ0) is 17.6. The van der Waals surface area contributed by atoms with Crippen molar-refractivity contribution in [2.24, 2.45) is 0 Å². The summed E-state index contributed by atoms with van der Waals surface area (Å²) in [6, 6.07) is 19.1. The molecule has 1 aromatic heterocycles. The fourth-order valence-electron chi connectivity index (χ4n) is 2.44. The molecular weight excluding hydrogens is 354 g/mol. The number of benzene rings is 2. The highest BCUT2D eigenvalue weighted by atomic mass is 35.5. The Morgan fingerprint density at radius 2 is 1.88 bits per heavy atom. The third-order valence-electron chi connectivity index (χ3n) is 3.74. The molecule has 1 atom stereocenters. The average molecular weight is 372 g/mol. The van der Waals surface area contributed by atoms with Gasteiger partial charge >= 0.3 is 0 Å². The topological polar surface area (TPSA) is 38.3 Å². The van der Waals surface area contributed by atoms with Crippen molar-refractivity contribution in [3.63, 3.8) is 0 Å².